The number of carbonyl (C=O) groups is 4. The van der Waals surface area contributed by atoms with Crippen LogP contribution in [0.4, 0.5) is 0 Å². The Kier molecular flexibility index (Phi) is 14.9. The Labute approximate surface area is 348 Å². The lowest BCUT2D eigenvalue weighted by molar-refractivity contribution is -0.160. The molecule has 0 aromatic heterocycles. The third-order valence-corrected chi connectivity index (χ3v) is 12.7. The molecule has 2 aliphatic heterocycles. The molecule has 2 heterocycles. The van der Waals surface area contributed by atoms with Crippen LogP contribution in [0.1, 0.15) is 130 Å². The van der Waals surface area contributed by atoms with E-state index in [-0.39, 0.29) is 33.5 Å². The van der Waals surface area contributed by atoms with E-state index in [1.54, 1.807) is 36.4 Å². The molecule has 300 valence electrons. The molecule has 2 aromatic rings. The second kappa shape index (κ2) is 18.2. The van der Waals surface area contributed by atoms with E-state index >= 15 is 0 Å². The minimum absolute atomic E-state index is 0.0198. The van der Waals surface area contributed by atoms with Crippen LogP contribution < -0.4 is 0 Å². The Hall–Kier alpha value is -2.75. The van der Waals surface area contributed by atoms with Crippen LogP contribution in [0.5, 0.6) is 0 Å². The predicted octanol–water partition coefficient (Wildman–Crippen LogP) is 12.7. The number of benzene rings is 2. The van der Waals surface area contributed by atoms with E-state index in [0.717, 1.165) is 44.9 Å². The van der Waals surface area contributed by atoms with Gasteiger partial charge in [0.15, 0.2) is 22.7 Å². The molecular weight excluding hydrogens is 810 g/mol. The highest BCUT2D eigenvalue weighted by Gasteiger charge is 2.52. The smallest absolute Gasteiger partial charge is 0.343 e. The average molecular weight is 859 g/mol. The highest BCUT2D eigenvalue weighted by Crippen LogP contribution is 2.49. The topological polar surface area (TPSA) is 116 Å². The van der Waals surface area contributed by atoms with Gasteiger partial charge in [-0.2, -0.15) is 0 Å². The quantitative estimate of drug-likeness (QED) is 0.166. The van der Waals surface area contributed by atoms with E-state index in [2.05, 4.69) is 0 Å². The second-order valence-corrected chi connectivity index (χ2v) is 17.7. The van der Waals surface area contributed by atoms with E-state index in [4.69, 9.17) is 72.2 Å². The van der Waals surface area contributed by atoms with E-state index in [0.29, 0.717) is 69.1 Å². The lowest BCUT2D eigenvalue weighted by Crippen LogP contribution is -2.38. The first kappa shape index (κ1) is 45.0. The van der Waals surface area contributed by atoms with E-state index in [9.17, 15) is 24.3 Å². The van der Waals surface area contributed by atoms with Gasteiger partial charge in [0, 0.05) is 26.6 Å². The summed E-state index contributed by atoms with van der Waals surface area (Å²) in [5.74, 6) is -1.05. The fraction of sp³-hybridized carbons (Fsp3) is 0.524. The van der Waals surface area contributed by atoms with Crippen LogP contribution in [0.2, 0.25) is 20.1 Å². The maximum absolute atomic E-state index is 12.8. The van der Waals surface area contributed by atoms with E-state index < -0.39 is 28.6 Å². The lowest BCUT2D eigenvalue weighted by atomic mass is 9.82. The molecular formula is C42H49Cl5O8. The number of carbonyl (C=O) groups excluding carboxylic acids is 4. The summed E-state index contributed by atoms with van der Waals surface area (Å²) in [6.45, 7) is 11.2. The fourth-order valence-corrected chi connectivity index (χ4v) is 7.76. The van der Waals surface area contributed by atoms with Crippen molar-refractivity contribution in [3.8, 4) is 0 Å². The summed E-state index contributed by atoms with van der Waals surface area (Å²) in [7, 11) is 0. The molecule has 2 aromatic carbocycles. The molecule has 0 radical (unpaired) electrons. The Morgan fingerprint density at radius 1 is 0.691 bits per heavy atom. The van der Waals surface area contributed by atoms with Gasteiger partial charge in [0.25, 0.3) is 0 Å². The molecule has 8 nitrogen and oxygen atoms in total. The maximum Gasteiger partial charge on any atom is 0.343 e. The molecule has 0 atom stereocenters. The summed E-state index contributed by atoms with van der Waals surface area (Å²) in [5, 5.41) is 11.9. The lowest BCUT2D eigenvalue weighted by Gasteiger charge is -2.34. The molecule has 2 saturated carbocycles. The third kappa shape index (κ3) is 10.0. The summed E-state index contributed by atoms with van der Waals surface area (Å²) in [5.41, 5.74) is -1.36. The van der Waals surface area contributed by atoms with Crippen LogP contribution in [0.15, 0.2) is 47.9 Å². The van der Waals surface area contributed by atoms with Crippen molar-refractivity contribution in [3.05, 3.63) is 79.1 Å². The molecule has 2 spiro atoms. The van der Waals surface area contributed by atoms with Crippen LogP contribution in [-0.2, 0) is 33.4 Å². The van der Waals surface area contributed by atoms with Crippen LogP contribution in [0.3, 0.4) is 0 Å². The van der Waals surface area contributed by atoms with Gasteiger partial charge in [0.1, 0.15) is 11.1 Å². The molecule has 0 unspecified atom stereocenters. The number of halogens is 5. The van der Waals surface area contributed by atoms with E-state index in [1.807, 2.05) is 41.5 Å². The monoisotopic (exact) mass is 856 g/mol. The zero-order chi connectivity index (χ0) is 40.9. The highest BCUT2D eigenvalue weighted by molar-refractivity contribution is 6.64. The third-order valence-electron chi connectivity index (χ3n) is 11.1. The second-order valence-electron chi connectivity index (χ2n) is 15.7. The SMILES string of the molecule is CCC(C)(C)C(=O)Cl.CCC(C)(C)C(=O)OC1=C(c2ccc(Cl)cc2Cl)C(=O)OC12CCCCC2.O=C1OC2(CCCCC2)C(O)=C1c1ccc(Cl)cc1Cl. The van der Waals surface area contributed by atoms with Crippen molar-refractivity contribution in [1.29, 1.82) is 0 Å². The number of esters is 3. The van der Waals surface area contributed by atoms with Gasteiger partial charge in [-0.25, -0.2) is 9.59 Å². The molecule has 13 heteroatoms. The van der Waals surface area contributed by atoms with Crippen molar-refractivity contribution in [2.24, 2.45) is 10.8 Å². The molecule has 1 N–H and O–H groups in total. The molecule has 55 heavy (non-hydrogen) atoms. The van der Waals surface area contributed by atoms with Gasteiger partial charge in [-0.15, -0.1) is 0 Å². The van der Waals surface area contributed by atoms with Crippen molar-refractivity contribution in [3.63, 3.8) is 0 Å². The van der Waals surface area contributed by atoms with Crippen molar-refractivity contribution < 1.29 is 38.5 Å². The Morgan fingerprint density at radius 3 is 1.53 bits per heavy atom. The maximum atomic E-state index is 12.8. The molecule has 0 bridgehead atoms. The van der Waals surface area contributed by atoms with Gasteiger partial charge in [0.2, 0.25) is 5.24 Å². The zero-order valence-electron chi connectivity index (χ0n) is 32.1. The summed E-state index contributed by atoms with van der Waals surface area (Å²) in [6.07, 6.45) is 9.91. The van der Waals surface area contributed by atoms with Gasteiger partial charge in [-0.05, 0) is 114 Å². The van der Waals surface area contributed by atoms with Crippen LogP contribution >= 0.6 is 58.0 Å². The van der Waals surface area contributed by atoms with Crippen LogP contribution in [0.25, 0.3) is 11.1 Å². The number of hydrogen-bond donors (Lipinski definition) is 1. The van der Waals surface area contributed by atoms with Gasteiger partial charge >= 0.3 is 17.9 Å². The highest BCUT2D eigenvalue weighted by atomic mass is 35.5. The fourth-order valence-electron chi connectivity index (χ4n) is 6.62. The van der Waals surface area contributed by atoms with E-state index in [1.165, 1.54) is 0 Å². The van der Waals surface area contributed by atoms with Crippen molar-refractivity contribution >= 4 is 92.3 Å². The Balaban J connectivity index is 0.000000210. The number of rotatable bonds is 7. The zero-order valence-corrected chi connectivity index (χ0v) is 35.9. The summed E-state index contributed by atoms with van der Waals surface area (Å²) in [4.78, 5) is 48.3. The number of ether oxygens (including phenoxy) is 3. The standard InChI is InChI=1S/C21H24Cl2O4.C15H14Cl2O3.C6H11ClO/c1-4-20(2,3)19(25)26-17-16(14-9-8-13(22)12-15(14)23)18(24)27-21(17)10-6-5-7-11-21;16-9-4-5-10(11(17)8-9)12-13(18)15(20-14(12)19)6-2-1-3-7-15;1-4-6(2,3)5(7)8/h8-9,12H,4-7,10-11H2,1-3H3;4-5,8,18H,1-3,6-7H2;4H2,1-3H3. The average Bonchev–Trinajstić information content (AvgIpc) is 3.52. The van der Waals surface area contributed by atoms with Gasteiger partial charge in [-0.1, -0.05) is 99.1 Å². The number of hydrogen-bond acceptors (Lipinski definition) is 8. The summed E-state index contributed by atoms with van der Waals surface area (Å²) >= 11 is 29.6. The predicted molar refractivity (Wildman–Crippen MR) is 218 cm³/mol. The van der Waals surface area contributed by atoms with Gasteiger partial charge < -0.3 is 19.3 Å². The summed E-state index contributed by atoms with van der Waals surface area (Å²) < 4.78 is 17.2. The summed E-state index contributed by atoms with van der Waals surface area (Å²) in [6, 6.07) is 9.73. The molecule has 2 aliphatic carbocycles. The number of aliphatic hydroxyl groups excluding tert-OH is 1. The van der Waals surface area contributed by atoms with Crippen molar-refractivity contribution in [2.75, 3.05) is 0 Å². The van der Waals surface area contributed by atoms with Gasteiger partial charge in [0.05, 0.1) is 15.5 Å². The minimum Gasteiger partial charge on any atom is -0.507 e. The first-order chi connectivity index (χ1) is 25.7. The first-order valence-electron chi connectivity index (χ1n) is 18.7. The molecule has 4 aliphatic rings. The Morgan fingerprint density at radius 2 is 1.11 bits per heavy atom. The molecule has 2 fully saturated rings. The number of aliphatic hydroxyl groups is 1. The molecule has 0 saturated heterocycles. The van der Waals surface area contributed by atoms with Crippen molar-refractivity contribution in [1.82, 2.24) is 0 Å². The van der Waals surface area contributed by atoms with Crippen LogP contribution in [0, 0.1) is 10.8 Å². The Bertz CT molecular complexity index is 1870. The van der Waals surface area contributed by atoms with Crippen molar-refractivity contribution in [2.45, 2.75) is 130 Å². The minimum atomic E-state index is -0.882. The first-order valence-corrected chi connectivity index (χ1v) is 20.6. The molecule has 0 amide bonds. The van der Waals surface area contributed by atoms with Crippen LogP contribution in [-0.4, -0.2) is 39.5 Å². The normalized spacial score (nSPS) is 19.0. The molecule has 6 rings (SSSR count). The largest absolute Gasteiger partial charge is 0.507 e. The van der Waals surface area contributed by atoms with Gasteiger partial charge in [-0.3, -0.25) is 9.59 Å².